The number of hydrogen-bond donors (Lipinski definition) is 2. The SMILES string of the molecule is O=C(NCCSc1ccc(Cl)cc1)c1ccc(NS(=O)(=O)c2ccccc2)c(Cl)c1. The molecule has 0 aliphatic rings. The summed E-state index contributed by atoms with van der Waals surface area (Å²) in [7, 11) is -3.76. The van der Waals surface area contributed by atoms with Gasteiger partial charge in [0.2, 0.25) is 0 Å². The van der Waals surface area contributed by atoms with Gasteiger partial charge in [0.05, 0.1) is 15.6 Å². The summed E-state index contributed by atoms with van der Waals surface area (Å²) < 4.78 is 27.3. The summed E-state index contributed by atoms with van der Waals surface area (Å²) in [4.78, 5) is 13.5. The molecule has 3 aromatic rings. The van der Waals surface area contributed by atoms with Gasteiger partial charge < -0.3 is 5.32 Å². The average molecular weight is 481 g/mol. The van der Waals surface area contributed by atoms with Crippen molar-refractivity contribution in [3.05, 3.63) is 88.4 Å². The molecular formula is C21H18Cl2N2O3S2. The zero-order chi connectivity index (χ0) is 21.6. The third kappa shape index (κ3) is 6.15. The number of sulfonamides is 1. The molecule has 0 aromatic heterocycles. The van der Waals surface area contributed by atoms with Crippen molar-refractivity contribution in [2.75, 3.05) is 17.0 Å². The number of hydrogen-bond acceptors (Lipinski definition) is 4. The molecule has 0 bridgehead atoms. The van der Waals surface area contributed by atoms with Crippen LogP contribution in [0.5, 0.6) is 0 Å². The van der Waals surface area contributed by atoms with Gasteiger partial charge in [0.25, 0.3) is 15.9 Å². The highest BCUT2D eigenvalue weighted by Crippen LogP contribution is 2.26. The normalized spacial score (nSPS) is 11.1. The predicted molar refractivity (Wildman–Crippen MR) is 123 cm³/mol. The highest BCUT2D eigenvalue weighted by molar-refractivity contribution is 7.99. The smallest absolute Gasteiger partial charge is 0.261 e. The molecule has 5 nitrogen and oxygen atoms in total. The molecule has 0 radical (unpaired) electrons. The van der Waals surface area contributed by atoms with E-state index in [4.69, 9.17) is 23.2 Å². The molecule has 0 spiro atoms. The van der Waals surface area contributed by atoms with Gasteiger partial charge in [0.1, 0.15) is 0 Å². The lowest BCUT2D eigenvalue weighted by Gasteiger charge is -2.11. The number of nitrogens with one attached hydrogen (secondary N) is 2. The fourth-order valence-corrected chi connectivity index (χ4v) is 4.79. The molecule has 0 fully saturated rings. The third-order valence-electron chi connectivity index (χ3n) is 4.00. The number of amides is 1. The minimum atomic E-state index is -3.76. The first-order chi connectivity index (χ1) is 14.3. The van der Waals surface area contributed by atoms with E-state index in [2.05, 4.69) is 10.0 Å². The third-order valence-corrected chi connectivity index (χ3v) is 6.96. The first kappa shape index (κ1) is 22.5. The van der Waals surface area contributed by atoms with Crippen LogP contribution in [0.1, 0.15) is 10.4 Å². The Balaban J connectivity index is 1.56. The van der Waals surface area contributed by atoms with Crippen molar-refractivity contribution in [1.29, 1.82) is 0 Å². The van der Waals surface area contributed by atoms with Gasteiger partial charge in [0, 0.05) is 27.8 Å². The maximum absolute atomic E-state index is 12.4. The zero-order valence-corrected chi connectivity index (χ0v) is 18.8. The van der Waals surface area contributed by atoms with Crippen LogP contribution in [0.2, 0.25) is 10.0 Å². The lowest BCUT2D eigenvalue weighted by Crippen LogP contribution is -2.25. The standard InChI is InChI=1S/C21H18Cl2N2O3S2/c22-16-7-9-17(10-8-16)29-13-12-24-21(26)15-6-11-20(19(23)14-15)25-30(27,28)18-4-2-1-3-5-18/h1-11,14,25H,12-13H2,(H,24,26). The van der Waals surface area contributed by atoms with Crippen LogP contribution in [0.4, 0.5) is 5.69 Å². The summed E-state index contributed by atoms with van der Waals surface area (Å²) in [6.45, 7) is 0.464. The molecule has 0 heterocycles. The Labute approximate surface area is 189 Å². The van der Waals surface area contributed by atoms with E-state index in [1.54, 1.807) is 30.0 Å². The monoisotopic (exact) mass is 480 g/mol. The first-order valence-corrected chi connectivity index (χ1v) is 12.1. The number of anilines is 1. The molecule has 0 saturated carbocycles. The van der Waals surface area contributed by atoms with Gasteiger partial charge in [-0.3, -0.25) is 9.52 Å². The Morgan fingerprint density at radius 2 is 1.63 bits per heavy atom. The second kappa shape index (κ2) is 10.2. The van der Waals surface area contributed by atoms with Crippen LogP contribution < -0.4 is 10.0 Å². The van der Waals surface area contributed by atoms with Crippen LogP contribution in [0.15, 0.2) is 82.6 Å². The maximum Gasteiger partial charge on any atom is 0.261 e. The van der Waals surface area contributed by atoms with Gasteiger partial charge >= 0.3 is 0 Å². The molecule has 3 rings (SSSR count). The van der Waals surface area contributed by atoms with Gasteiger partial charge in [-0.15, -0.1) is 11.8 Å². The van der Waals surface area contributed by atoms with Crippen LogP contribution in [-0.2, 0) is 10.0 Å². The fourth-order valence-electron chi connectivity index (χ4n) is 2.51. The van der Waals surface area contributed by atoms with Crippen molar-refractivity contribution >= 4 is 56.6 Å². The van der Waals surface area contributed by atoms with Crippen LogP contribution in [-0.4, -0.2) is 26.6 Å². The van der Waals surface area contributed by atoms with E-state index in [1.165, 1.54) is 30.3 Å². The van der Waals surface area contributed by atoms with Crippen LogP contribution >= 0.6 is 35.0 Å². The zero-order valence-electron chi connectivity index (χ0n) is 15.6. The lowest BCUT2D eigenvalue weighted by molar-refractivity contribution is 0.0956. The van der Waals surface area contributed by atoms with Crippen molar-refractivity contribution in [3.8, 4) is 0 Å². The lowest BCUT2D eigenvalue weighted by atomic mass is 10.2. The summed E-state index contributed by atoms with van der Waals surface area (Å²) in [5, 5.41) is 3.63. The molecule has 0 aliphatic heterocycles. The van der Waals surface area contributed by atoms with Gasteiger partial charge in [-0.2, -0.15) is 0 Å². The highest BCUT2D eigenvalue weighted by Gasteiger charge is 2.16. The van der Waals surface area contributed by atoms with E-state index >= 15 is 0 Å². The Bertz CT molecular complexity index is 1120. The van der Waals surface area contributed by atoms with Gasteiger partial charge in [-0.25, -0.2) is 8.42 Å². The molecular weight excluding hydrogens is 463 g/mol. The Morgan fingerprint density at radius 1 is 0.933 bits per heavy atom. The number of carbonyl (C=O) groups is 1. The number of halogens is 2. The van der Waals surface area contributed by atoms with Gasteiger partial charge in [0.15, 0.2) is 0 Å². The van der Waals surface area contributed by atoms with Crippen molar-refractivity contribution in [1.82, 2.24) is 5.32 Å². The number of thioether (sulfide) groups is 1. The minimum absolute atomic E-state index is 0.126. The summed E-state index contributed by atoms with van der Waals surface area (Å²) in [6, 6.07) is 19.9. The van der Waals surface area contributed by atoms with E-state index < -0.39 is 10.0 Å². The summed E-state index contributed by atoms with van der Waals surface area (Å²) in [5.41, 5.74) is 0.550. The highest BCUT2D eigenvalue weighted by atomic mass is 35.5. The quantitative estimate of drug-likeness (QED) is 0.338. The van der Waals surface area contributed by atoms with Crippen molar-refractivity contribution < 1.29 is 13.2 Å². The van der Waals surface area contributed by atoms with Crippen LogP contribution in [0, 0.1) is 0 Å². The fraction of sp³-hybridized carbons (Fsp3) is 0.0952. The molecule has 30 heavy (non-hydrogen) atoms. The average Bonchev–Trinajstić information content (AvgIpc) is 2.74. The molecule has 3 aromatic carbocycles. The topological polar surface area (TPSA) is 75.3 Å². The van der Waals surface area contributed by atoms with E-state index in [9.17, 15) is 13.2 Å². The summed E-state index contributed by atoms with van der Waals surface area (Å²) >= 11 is 13.7. The van der Waals surface area contributed by atoms with E-state index in [0.717, 1.165) is 4.90 Å². The predicted octanol–water partition coefficient (Wildman–Crippen LogP) is 5.32. The van der Waals surface area contributed by atoms with E-state index in [-0.39, 0.29) is 21.5 Å². The minimum Gasteiger partial charge on any atom is -0.351 e. The first-order valence-electron chi connectivity index (χ1n) is 8.89. The summed E-state index contributed by atoms with van der Waals surface area (Å²) in [6.07, 6.45) is 0. The molecule has 0 unspecified atom stereocenters. The molecule has 1 amide bonds. The molecule has 0 atom stereocenters. The molecule has 2 N–H and O–H groups in total. The van der Waals surface area contributed by atoms with E-state index in [0.29, 0.717) is 22.9 Å². The van der Waals surface area contributed by atoms with Gasteiger partial charge in [-0.05, 0) is 54.6 Å². The Kier molecular flexibility index (Phi) is 7.66. The summed E-state index contributed by atoms with van der Waals surface area (Å²) in [5.74, 6) is 0.404. The van der Waals surface area contributed by atoms with Crippen molar-refractivity contribution in [2.24, 2.45) is 0 Å². The van der Waals surface area contributed by atoms with Crippen LogP contribution in [0.3, 0.4) is 0 Å². The Hall–Kier alpha value is -2.19. The largest absolute Gasteiger partial charge is 0.351 e. The second-order valence-electron chi connectivity index (χ2n) is 6.17. The van der Waals surface area contributed by atoms with Gasteiger partial charge in [-0.1, -0.05) is 41.4 Å². The molecule has 0 saturated heterocycles. The van der Waals surface area contributed by atoms with Crippen LogP contribution in [0.25, 0.3) is 0 Å². The van der Waals surface area contributed by atoms with E-state index in [1.807, 2.05) is 24.3 Å². The second-order valence-corrected chi connectivity index (χ2v) is 9.87. The molecule has 0 aliphatic carbocycles. The van der Waals surface area contributed by atoms with Crippen molar-refractivity contribution in [3.63, 3.8) is 0 Å². The molecule has 9 heteroatoms. The number of benzene rings is 3. The maximum atomic E-state index is 12.4. The van der Waals surface area contributed by atoms with Crippen molar-refractivity contribution in [2.45, 2.75) is 9.79 Å². The number of carbonyl (C=O) groups excluding carboxylic acids is 1. The Morgan fingerprint density at radius 3 is 2.30 bits per heavy atom. The molecule has 156 valence electrons. The number of rotatable bonds is 8.